The lowest BCUT2D eigenvalue weighted by atomic mass is 10.2. The lowest BCUT2D eigenvalue weighted by Gasteiger charge is -2.12. The summed E-state index contributed by atoms with van der Waals surface area (Å²) in [5, 5.41) is 3.11. The molecule has 1 aliphatic rings. The van der Waals surface area contributed by atoms with Crippen LogP contribution in [0, 0.1) is 11.6 Å². The van der Waals surface area contributed by atoms with Gasteiger partial charge in [0.05, 0.1) is 19.5 Å². The molecule has 32 heavy (non-hydrogen) atoms. The molecule has 1 N–H and O–H groups in total. The first-order valence-corrected chi connectivity index (χ1v) is 11.7. The number of hydrogen-bond donors (Lipinski definition) is 1. The minimum absolute atomic E-state index is 0.0752. The van der Waals surface area contributed by atoms with Gasteiger partial charge in [-0.25, -0.2) is 13.8 Å². The molecule has 0 spiro atoms. The smallest absolute Gasteiger partial charge is 0.264 e. The van der Waals surface area contributed by atoms with E-state index in [1.165, 1.54) is 42.1 Å². The van der Waals surface area contributed by atoms with Gasteiger partial charge in [0, 0.05) is 5.56 Å². The molecule has 3 aromatic rings. The maximum Gasteiger partial charge on any atom is 0.264 e. The third kappa shape index (κ3) is 5.46. The molecule has 3 aromatic carbocycles. The highest BCUT2D eigenvalue weighted by Gasteiger charge is 2.24. The van der Waals surface area contributed by atoms with Crippen molar-refractivity contribution in [1.29, 1.82) is 0 Å². The van der Waals surface area contributed by atoms with Crippen LogP contribution in [0.1, 0.15) is 11.1 Å². The molecule has 4 nitrogen and oxygen atoms in total. The first-order chi connectivity index (χ1) is 15.4. The number of hydrogen-bond acceptors (Lipinski definition) is 4. The Bertz CT molecular complexity index is 1220. The van der Waals surface area contributed by atoms with Crippen molar-refractivity contribution in [3.05, 3.63) is 97.3 Å². The van der Waals surface area contributed by atoms with Crippen LogP contribution in [-0.4, -0.2) is 11.1 Å². The van der Waals surface area contributed by atoms with Gasteiger partial charge >= 0.3 is 0 Å². The lowest BCUT2D eigenvalue weighted by Crippen LogP contribution is -2.19. The van der Waals surface area contributed by atoms with Crippen LogP contribution in [-0.2, 0) is 11.4 Å². The number of amidine groups is 1. The molecule has 0 bridgehead atoms. The average Bonchev–Trinajstić information content (AvgIpc) is 3.09. The molecular formula is C23H14Br2F2N2O2S. The minimum Gasteiger partial charge on any atom is -0.486 e. The van der Waals surface area contributed by atoms with E-state index >= 15 is 0 Å². The van der Waals surface area contributed by atoms with Gasteiger partial charge in [0.15, 0.2) is 5.17 Å². The van der Waals surface area contributed by atoms with Crippen molar-refractivity contribution in [2.24, 2.45) is 4.99 Å². The van der Waals surface area contributed by atoms with Crippen LogP contribution in [0.4, 0.5) is 14.5 Å². The Kier molecular flexibility index (Phi) is 7.07. The van der Waals surface area contributed by atoms with E-state index in [1.807, 2.05) is 0 Å². The summed E-state index contributed by atoms with van der Waals surface area (Å²) >= 11 is 8.14. The summed E-state index contributed by atoms with van der Waals surface area (Å²) in [7, 11) is 0. The lowest BCUT2D eigenvalue weighted by molar-refractivity contribution is -0.115. The van der Waals surface area contributed by atoms with Crippen LogP contribution in [0.3, 0.4) is 0 Å². The first-order valence-electron chi connectivity index (χ1n) is 9.29. The van der Waals surface area contributed by atoms with Gasteiger partial charge in [-0.3, -0.25) is 4.79 Å². The first kappa shape index (κ1) is 22.7. The monoisotopic (exact) mass is 578 g/mol. The number of nitrogens with one attached hydrogen (secondary N) is 1. The van der Waals surface area contributed by atoms with Crippen molar-refractivity contribution in [1.82, 2.24) is 5.32 Å². The normalized spacial score (nSPS) is 15.9. The van der Waals surface area contributed by atoms with Gasteiger partial charge in [0.25, 0.3) is 5.91 Å². The van der Waals surface area contributed by atoms with Crippen molar-refractivity contribution in [3.63, 3.8) is 0 Å². The van der Waals surface area contributed by atoms with Crippen molar-refractivity contribution in [3.8, 4) is 5.75 Å². The molecule has 0 aromatic heterocycles. The molecule has 0 saturated carbocycles. The Balaban J connectivity index is 1.51. The quantitative estimate of drug-likeness (QED) is 0.332. The van der Waals surface area contributed by atoms with Crippen LogP contribution < -0.4 is 10.1 Å². The van der Waals surface area contributed by atoms with E-state index in [0.717, 1.165) is 5.56 Å². The van der Waals surface area contributed by atoms with Crippen molar-refractivity contribution < 1.29 is 18.3 Å². The molecule has 4 rings (SSSR count). The molecule has 0 unspecified atom stereocenters. The second-order valence-electron chi connectivity index (χ2n) is 6.65. The molecule has 1 saturated heterocycles. The number of thioether (sulfide) groups is 1. The van der Waals surface area contributed by atoms with E-state index in [-0.39, 0.29) is 24.1 Å². The third-order valence-electron chi connectivity index (χ3n) is 4.36. The summed E-state index contributed by atoms with van der Waals surface area (Å²) in [5.41, 5.74) is 1.74. The van der Waals surface area contributed by atoms with Gasteiger partial charge in [0.2, 0.25) is 0 Å². The fourth-order valence-corrected chi connectivity index (χ4v) is 5.12. The van der Waals surface area contributed by atoms with E-state index in [0.29, 0.717) is 36.0 Å². The van der Waals surface area contributed by atoms with Crippen LogP contribution >= 0.6 is 43.6 Å². The zero-order chi connectivity index (χ0) is 22.7. The number of carbonyl (C=O) groups is 1. The summed E-state index contributed by atoms with van der Waals surface area (Å²) in [4.78, 5) is 17.1. The maximum absolute atomic E-state index is 13.8. The van der Waals surface area contributed by atoms with Gasteiger partial charge in [-0.1, -0.05) is 18.2 Å². The largest absolute Gasteiger partial charge is 0.486 e. The number of halogens is 4. The SMILES string of the molecule is O=C1NC(=Nc2ccc(F)cc2)S/C1=C/c1cc(Br)c(OCc2ccccc2F)c(Br)c1. The van der Waals surface area contributed by atoms with Crippen molar-refractivity contribution >= 4 is 66.5 Å². The number of benzene rings is 3. The molecule has 0 radical (unpaired) electrons. The standard InChI is InChI=1S/C23H14Br2F2N2O2S/c24-17-9-13(10-18(25)21(17)31-12-14-3-1-2-4-19(14)27)11-20-22(30)29-23(32-20)28-16-7-5-15(26)6-8-16/h1-11H,12H2,(H,28,29,30)/b20-11+. The average molecular weight is 580 g/mol. The van der Waals surface area contributed by atoms with Gasteiger partial charge in [-0.05, 0) is 97.7 Å². The molecule has 1 fully saturated rings. The molecule has 162 valence electrons. The zero-order valence-electron chi connectivity index (χ0n) is 16.2. The van der Waals surface area contributed by atoms with Gasteiger partial charge in [0.1, 0.15) is 24.0 Å². The maximum atomic E-state index is 13.8. The molecule has 1 aliphatic heterocycles. The van der Waals surface area contributed by atoms with Crippen LogP contribution in [0.15, 0.2) is 79.5 Å². The Hall–Kier alpha value is -2.49. The summed E-state index contributed by atoms with van der Waals surface area (Å²) < 4.78 is 34.0. The number of aliphatic imine (C=N–C) groups is 1. The number of amides is 1. The Morgan fingerprint density at radius 1 is 1.03 bits per heavy atom. The molecule has 0 atom stereocenters. The second-order valence-corrected chi connectivity index (χ2v) is 9.39. The molecule has 1 amide bonds. The highest BCUT2D eigenvalue weighted by atomic mass is 79.9. The topological polar surface area (TPSA) is 50.7 Å². The predicted molar refractivity (Wildman–Crippen MR) is 130 cm³/mol. The van der Waals surface area contributed by atoms with E-state index in [1.54, 1.807) is 36.4 Å². The van der Waals surface area contributed by atoms with Crippen LogP contribution in [0.2, 0.25) is 0 Å². The van der Waals surface area contributed by atoms with E-state index in [2.05, 4.69) is 42.2 Å². The Morgan fingerprint density at radius 2 is 1.72 bits per heavy atom. The van der Waals surface area contributed by atoms with Crippen molar-refractivity contribution in [2.75, 3.05) is 0 Å². The second kappa shape index (κ2) is 9.97. The van der Waals surface area contributed by atoms with Gasteiger partial charge in [-0.2, -0.15) is 0 Å². The zero-order valence-corrected chi connectivity index (χ0v) is 20.2. The van der Waals surface area contributed by atoms with Crippen molar-refractivity contribution in [2.45, 2.75) is 6.61 Å². The minimum atomic E-state index is -0.352. The Morgan fingerprint density at radius 3 is 2.41 bits per heavy atom. The van der Waals surface area contributed by atoms with Gasteiger partial charge in [-0.15, -0.1) is 0 Å². The third-order valence-corrected chi connectivity index (χ3v) is 6.44. The summed E-state index contributed by atoms with van der Waals surface area (Å²) in [6.07, 6.45) is 1.73. The number of carbonyl (C=O) groups excluding carboxylic acids is 1. The molecule has 1 heterocycles. The molecule has 9 heteroatoms. The van der Waals surface area contributed by atoms with Crippen LogP contribution in [0.25, 0.3) is 6.08 Å². The van der Waals surface area contributed by atoms with Crippen LogP contribution in [0.5, 0.6) is 5.75 Å². The van der Waals surface area contributed by atoms with E-state index in [9.17, 15) is 13.6 Å². The number of ether oxygens (including phenoxy) is 1. The highest BCUT2D eigenvalue weighted by molar-refractivity contribution is 9.11. The molecular weight excluding hydrogens is 566 g/mol. The predicted octanol–water partition coefficient (Wildman–Crippen LogP) is 6.96. The fourth-order valence-electron chi connectivity index (χ4n) is 2.83. The number of rotatable bonds is 5. The summed E-state index contributed by atoms with van der Waals surface area (Å²) in [6.45, 7) is 0.0752. The number of nitrogens with zero attached hydrogens (tertiary/aromatic N) is 1. The summed E-state index contributed by atoms with van der Waals surface area (Å²) in [5.74, 6) is -0.431. The highest BCUT2D eigenvalue weighted by Crippen LogP contribution is 2.37. The van der Waals surface area contributed by atoms with Gasteiger partial charge < -0.3 is 10.1 Å². The fraction of sp³-hybridized carbons (Fsp3) is 0.0435. The Labute approximate surface area is 204 Å². The summed E-state index contributed by atoms with van der Waals surface area (Å²) in [6, 6.07) is 15.7. The van der Waals surface area contributed by atoms with E-state index < -0.39 is 0 Å². The van der Waals surface area contributed by atoms with E-state index in [4.69, 9.17) is 4.74 Å². The molecule has 0 aliphatic carbocycles.